The van der Waals surface area contributed by atoms with E-state index < -0.39 is 6.10 Å². The third-order valence-corrected chi connectivity index (χ3v) is 5.36. The van der Waals surface area contributed by atoms with Gasteiger partial charge in [-0.25, -0.2) is 0 Å². The zero-order valence-electron chi connectivity index (χ0n) is 6.91. The van der Waals surface area contributed by atoms with Crippen molar-refractivity contribution < 1.29 is 5.11 Å². The minimum absolute atomic E-state index is 0.513. The lowest BCUT2D eigenvalue weighted by molar-refractivity contribution is 0.227. The van der Waals surface area contributed by atoms with E-state index in [0.717, 1.165) is 18.0 Å². The van der Waals surface area contributed by atoms with Crippen molar-refractivity contribution in [3.8, 4) is 0 Å². The van der Waals surface area contributed by atoms with Gasteiger partial charge in [-0.05, 0) is 55.4 Å². The molecule has 5 heteroatoms. The molecule has 0 saturated carbocycles. The van der Waals surface area contributed by atoms with Gasteiger partial charge in [0, 0.05) is 9.35 Å². The van der Waals surface area contributed by atoms with Crippen LogP contribution in [0.3, 0.4) is 0 Å². The number of aliphatic hydroxyl groups is 1. The molecule has 0 aliphatic heterocycles. The third kappa shape index (κ3) is 2.12. The SMILES string of the molecule is OC(c1ccc(Br)s1)c1sccc1Br. The normalized spacial score (nSPS) is 13.1. The molecule has 74 valence electrons. The smallest absolute Gasteiger partial charge is 0.123 e. The standard InChI is InChI=1S/C9H6Br2OS2/c10-5-3-4-13-9(5)8(12)6-1-2-7(11)14-6/h1-4,8,12H. The van der Waals surface area contributed by atoms with Crippen LogP contribution in [0, 0.1) is 0 Å². The highest BCUT2D eigenvalue weighted by Gasteiger charge is 2.16. The summed E-state index contributed by atoms with van der Waals surface area (Å²) in [5, 5.41) is 12.0. The van der Waals surface area contributed by atoms with Crippen LogP contribution in [0.2, 0.25) is 0 Å². The maximum Gasteiger partial charge on any atom is 0.123 e. The first-order valence-electron chi connectivity index (χ1n) is 3.84. The quantitative estimate of drug-likeness (QED) is 0.847. The molecule has 1 atom stereocenters. The summed E-state index contributed by atoms with van der Waals surface area (Å²) >= 11 is 9.91. The second-order valence-corrected chi connectivity index (χ2v) is 6.97. The highest BCUT2D eigenvalue weighted by Crippen LogP contribution is 2.36. The maximum absolute atomic E-state index is 10.0. The van der Waals surface area contributed by atoms with Crippen molar-refractivity contribution in [1.82, 2.24) is 0 Å². The Labute approximate surface area is 107 Å². The summed E-state index contributed by atoms with van der Waals surface area (Å²) in [6, 6.07) is 5.84. The predicted octanol–water partition coefficient (Wildman–Crippen LogP) is 4.42. The van der Waals surface area contributed by atoms with Gasteiger partial charge in [-0.1, -0.05) is 0 Å². The highest BCUT2D eigenvalue weighted by molar-refractivity contribution is 9.11. The summed E-state index contributed by atoms with van der Waals surface area (Å²) in [5.74, 6) is 0. The molecule has 14 heavy (non-hydrogen) atoms. The summed E-state index contributed by atoms with van der Waals surface area (Å²) in [7, 11) is 0. The van der Waals surface area contributed by atoms with Crippen LogP contribution in [-0.4, -0.2) is 5.11 Å². The van der Waals surface area contributed by atoms with Crippen molar-refractivity contribution >= 4 is 54.5 Å². The third-order valence-electron chi connectivity index (χ3n) is 1.76. The van der Waals surface area contributed by atoms with E-state index in [1.165, 1.54) is 0 Å². The zero-order chi connectivity index (χ0) is 10.1. The van der Waals surface area contributed by atoms with Gasteiger partial charge in [0.15, 0.2) is 0 Å². The van der Waals surface area contributed by atoms with Crippen LogP contribution in [0.4, 0.5) is 0 Å². The Kier molecular flexibility index (Phi) is 3.44. The van der Waals surface area contributed by atoms with E-state index in [1.54, 1.807) is 22.7 Å². The number of halogens is 2. The van der Waals surface area contributed by atoms with E-state index in [2.05, 4.69) is 31.9 Å². The Morgan fingerprint density at radius 1 is 1.21 bits per heavy atom. The van der Waals surface area contributed by atoms with Crippen molar-refractivity contribution in [2.75, 3.05) is 0 Å². The van der Waals surface area contributed by atoms with Gasteiger partial charge in [0.05, 0.1) is 8.66 Å². The lowest BCUT2D eigenvalue weighted by Gasteiger charge is -2.05. The maximum atomic E-state index is 10.0. The molecule has 1 N–H and O–H groups in total. The molecule has 0 aliphatic carbocycles. The Morgan fingerprint density at radius 2 is 2.00 bits per heavy atom. The van der Waals surface area contributed by atoms with Crippen LogP contribution in [-0.2, 0) is 0 Å². The van der Waals surface area contributed by atoms with E-state index in [0.29, 0.717) is 0 Å². The molecule has 0 saturated heterocycles. The number of hydrogen-bond donors (Lipinski definition) is 1. The first-order chi connectivity index (χ1) is 6.68. The van der Waals surface area contributed by atoms with Gasteiger partial charge in [0.2, 0.25) is 0 Å². The summed E-state index contributed by atoms with van der Waals surface area (Å²) in [6.07, 6.45) is -0.513. The molecule has 0 amide bonds. The first kappa shape index (κ1) is 10.8. The van der Waals surface area contributed by atoms with Crippen molar-refractivity contribution in [3.05, 3.63) is 41.6 Å². The Morgan fingerprint density at radius 3 is 2.50 bits per heavy atom. The average Bonchev–Trinajstić information content (AvgIpc) is 2.73. The lowest BCUT2D eigenvalue weighted by Crippen LogP contribution is -1.93. The Hall–Kier alpha value is 0.320. The van der Waals surface area contributed by atoms with Gasteiger partial charge in [-0.15, -0.1) is 22.7 Å². The van der Waals surface area contributed by atoms with Gasteiger partial charge >= 0.3 is 0 Å². The second kappa shape index (κ2) is 4.45. The van der Waals surface area contributed by atoms with E-state index in [1.807, 2.05) is 23.6 Å². The fraction of sp³-hybridized carbons (Fsp3) is 0.111. The molecule has 0 aromatic carbocycles. The van der Waals surface area contributed by atoms with Gasteiger partial charge in [0.25, 0.3) is 0 Å². The van der Waals surface area contributed by atoms with Crippen LogP contribution in [0.5, 0.6) is 0 Å². The van der Waals surface area contributed by atoms with Crippen molar-refractivity contribution in [2.24, 2.45) is 0 Å². The number of thiophene rings is 2. The Balaban J connectivity index is 2.33. The van der Waals surface area contributed by atoms with Gasteiger partial charge < -0.3 is 5.11 Å². The van der Waals surface area contributed by atoms with E-state index in [-0.39, 0.29) is 0 Å². The minimum Gasteiger partial charge on any atom is -0.382 e. The topological polar surface area (TPSA) is 20.2 Å². The van der Waals surface area contributed by atoms with Gasteiger partial charge in [-0.3, -0.25) is 0 Å². The van der Waals surface area contributed by atoms with Crippen LogP contribution < -0.4 is 0 Å². The molecule has 0 bridgehead atoms. The van der Waals surface area contributed by atoms with Gasteiger partial charge in [0.1, 0.15) is 6.10 Å². The molecule has 0 fully saturated rings. The first-order valence-corrected chi connectivity index (χ1v) is 7.13. The molecule has 1 unspecified atom stereocenters. The van der Waals surface area contributed by atoms with E-state index in [4.69, 9.17) is 0 Å². The Bertz CT molecular complexity index is 435. The second-order valence-electron chi connectivity index (χ2n) is 2.68. The summed E-state index contributed by atoms with van der Waals surface area (Å²) < 4.78 is 2.01. The van der Waals surface area contributed by atoms with Crippen molar-refractivity contribution in [2.45, 2.75) is 6.10 Å². The van der Waals surface area contributed by atoms with Gasteiger partial charge in [-0.2, -0.15) is 0 Å². The molecule has 2 rings (SSSR count). The highest BCUT2D eigenvalue weighted by atomic mass is 79.9. The predicted molar refractivity (Wildman–Crippen MR) is 68.1 cm³/mol. The molecular formula is C9H6Br2OS2. The molecular weight excluding hydrogens is 348 g/mol. The fourth-order valence-corrected chi connectivity index (χ4v) is 4.19. The summed E-state index contributed by atoms with van der Waals surface area (Å²) in [6.45, 7) is 0. The van der Waals surface area contributed by atoms with Crippen LogP contribution in [0.1, 0.15) is 15.9 Å². The summed E-state index contributed by atoms with van der Waals surface area (Å²) in [4.78, 5) is 1.92. The lowest BCUT2D eigenvalue weighted by atomic mass is 10.2. The largest absolute Gasteiger partial charge is 0.382 e. The minimum atomic E-state index is -0.513. The molecule has 2 aromatic rings. The number of rotatable bonds is 2. The van der Waals surface area contributed by atoms with Crippen molar-refractivity contribution in [3.63, 3.8) is 0 Å². The van der Waals surface area contributed by atoms with Crippen LogP contribution in [0.25, 0.3) is 0 Å². The molecule has 0 radical (unpaired) electrons. The number of aliphatic hydroxyl groups excluding tert-OH is 1. The van der Waals surface area contributed by atoms with Crippen LogP contribution in [0.15, 0.2) is 31.8 Å². The van der Waals surface area contributed by atoms with Crippen molar-refractivity contribution in [1.29, 1.82) is 0 Å². The molecule has 0 aliphatic rings. The molecule has 2 aromatic heterocycles. The monoisotopic (exact) mass is 352 g/mol. The van der Waals surface area contributed by atoms with Crippen LogP contribution >= 0.6 is 54.5 Å². The summed E-state index contributed by atoms with van der Waals surface area (Å²) in [5.41, 5.74) is 0. The molecule has 2 heterocycles. The zero-order valence-corrected chi connectivity index (χ0v) is 11.7. The number of hydrogen-bond acceptors (Lipinski definition) is 3. The van der Waals surface area contributed by atoms with E-state index in [9.17, 15) is 5.11 Å². The van der Waals surface area contributed by atoms with E-state index >= 15 is 0 Å². The fourth-order valence-electron chi connectivity index (χ4n) is 1.10. The molecule has 1 nitrogen and oxygen atoms in total. The average molecular weight is 354 g/mol. The molecule has 0 spiro atoms.